The van der Waals surface area contributed by atoms with Crippen LogP contribution in [0, 0.1) is 0 Å². The van der Waals surface area contributed by atoms with Gasteiger partial charge in [-0.3, -0.25) is 9.79 Å². The molecule has 6 nitrogen and oxygen atoms in total. The van der Waals surface area contributed by atoms with Gasteiger partial charge in [0.2, 0.25) is 0 Å². The number of hydrogen-bond donors (Lipinski definition) is 2. The van der Waals surface area contributed by atoms with Gasteiger partial charge in [-0.25, -0.2) is 4.79 Å². The van der Waals surface area contributed by atoms with Crippen molar-refractivity contribution >= 4 is 24.2 Å². The van der Waals surface area contributed by atoms with Gasteiger partial charge in [0.05, 0.1) is 0 Å². The Labute approximate surface area is 129 Å². The molecule has 118 valence electrons. The van der Waals surface area contributed by atoms with Crippen molar-refractivity contribution in [3.8, 4) is 5.75 Å². The van der Waals surface area contributed by atoms with Gasteiger partial charge in [0, 0.05) is 13.1 Å². The number of carboxylic acids is 1. The molecule has 0 amide bonds. The molecule has 0 radical (unpaired) electrons. The summed E-state index contributed by atoms with van der Waals surface area (Å²) in [4.78, 5) is 25.8. The van der Waals surface area contributed by atoms with E-state index in [2.05, 4.69) is 4.99 Å². The first-order valence-electron chi connectivity index (χ1n) is 6.94. The van der Waals surface area contributed by atoms with Crippen LogP contribution in [-0.2, 0) is 9.59 Å². The largest absolute Gasteiger partial charge is 0.480 e. The van der Waals surface area contributed by atoms with Crippen molar-refractivity contribution in [2.24, 2.45) is 10.7 Å². The number of carbonyl (C=O) groups is 2. The predicted octanol–water partition coefficient (Wildman–Crippen LogP) is 1.89. The van der Waals surface area contributed by atoms with Crippen molar-refractivity contribution in [2.45, 2.75) is 25.8 Å². The van der Waals surface area contributed by atoms with E-state index in [1.54, 1.807) is 36.4 Å². The fourth-order valence-electron chi connectivity index (χ4n) is 1.69. The van der Waals surface area contributed by atoms with Crippen LogP contribution in [0.3, 0.4) is 0 Å². The molecule has 0 aliphatic carbocycles. The summed E-state index contributed by atoms with van der Waals surface area (Å²) in [7, 11) is 0. The number of aliphatic carboxylic acids is 1. The van der Waals surface area contributed by atoms with Crippen LogP contribution in [0.25, 0.3) is 6.08 Å². The van der Waals surface area contributed by atoms with Gasteiger partial charge in [-0.15, -0.1) is 0 Å². The third-order valence-electron chi connectivity index (χ3n) is 2.75. The quantitative estimate of drug-likeness (QED) is 0.434. The van der Waals surface area contributed by atoms with Gasteiger partial charge >= 0.3 is 11.9 Å². The van der Waals surface area contributed by atoms with E-state index in [0.717, 1.165) is 5.56 Å². The molecule has 0 fully saturated rings. The molecule has 0 saturated carbocycles. The molecular formula is C16H20N2O4. The van der Waals surface area contributed by atoms with Gasteiger partial charge in [0.1, 0.15) is 11.8 Å². The summed E-state index contributed by atoms with van der Waals surface area (Å²) in [6.45, 7) is 1.79. The Bertz CT molecular complexity index is 550. The van der Waals surface area contributed by atoms with Crippen molar-refractivity contribution in [2.75, 3.05) is 6.54 Å². The van der Waals surface area contributed by atoms with E-state index in [1.165, 1.54) is 13.1 Å². The highest BCUT2D eigenvalue weighted by atomic mass is 16.5. The van der Waals surface area contributed by atoms with Crippen molar-refractivity contribution < 1.29 is 19.4 Å². The number of benzene rings is 1. The zero-order chi connectivity index (χ0) is 16.4. The van der Waals surface area contributed by atoms with Crippen molar-refractivity contribution in [3.63, 3.8) is 0 Å². The van der Waals surface area contributed by atoms with Crippen molar-refractivity contribution in [1.82, 2.24) is 0 Å². The average molecular weight is 304 g/mol. The smallest absolute Gasteiger partial charge is 0.328 e. The Kier molecular flexibility index (Phi) is 7.56. The first-order chi connectivity index (χ1) is 10.5. The first-order valence-corrected chi connectivity index (χ1v) is 6.94. The summed E-state index contributed by atoms with van der Waals surface area (Å²) in [5.74, 6) is -0.845. The monoisotopic (exact) mass is 304 g/mol. The SMILES string of the molecule is CC(=O)Oc1ccc(/C=C/C=NC(CCCN)C(=O)O)cc1. The molecule has 0 aromatic heterocycles. The van der Waals surface area contributed by atoms with E-state index in [1.807, 2.05) is 0 Å². The van der Waals surface area contributed by atoms with E-state index < -0.39 is 12.0 Å². The predicted molar refractivity (Wildman–Crippen MR) is 85.0 cm³/mol. The molecule has 1 unspecified atom stereocenters. The number of hydrogen-bond acceptors (Lipinski definition) is 5. The van der Waals surface area contributed by atoms with E-state index in [0.29, 0.717) is 25.1 Å². The lowest BCUT2D eigenvalue weighted by atomic mass is 10.1. The van der Waals surface area contributed by atoms with Crippen LogP contribution in [0.2, 0.25) is 0 Å². The molecule has 1 atom stereocenters. The van der Waals surface area contributed by atoms with E-state index >= 15 is 0 Å². The Hall–Kier alpha value is -2.47. The highest BCUT2D eigenvalue weighted by Gasteiger charge is 2.13. The lowest BCUT2D eigenvalue weighted by Crippen LogP contribution is -2.19. The second kappa shape index (κ2) is 9.46. The number of rotatable bonds is 8. The molecule has 0 saturated heterocycles. The highest BCUT2D eigenvalue weighted by molar-refractivity contribution is 5.82. The lowest BCUT2D eigenvalue weighted by Gasteiger charge is -2.04. The van der Waals surface area contributed by atoms with Crippen LogP contribution in [-0.4, -0.2) is 35.8 Å². The van der Waals surface area contributed by atoms with E-state index in [4.69, 9.17) is 15.6 Å². The standard InChI is InChI=1S/C16H20N2O4/c1-12(19)22-14-8-6-13(7-9-14)4-3-11-18-15(16(20)21)5-2-10-17/h3-4,6-9,11,15H,2,5,10,17H2,1H3,(H,20,21)/b4-3+,18-11?. The summed E-state index contributed by atoms with van der Waals surface area (Å²) >= 11 is 0. The maximum Gasteiger partial charge on any atom is 0.328 e. The molecule has 0 bridgehead atoms. The van der Waals surface area contributed by atoms with Crippen LogP contribution in [0.1, 0.15) is 25.3 Å². The molecule has 0 heterocycles. The zero-order valence-electron chi connectivity index (χ0n) is 12.4. The normalized spacial score (nSPS) is 12.6. The summed E-state index contributed by atoms with van der Waals surface area (Å²) in [5.41, 5.74) is 6.25. The Morgan fingerprint density at radius 2 is 2.05 bits per heavy atom. The molecule has 22 heavy (non-hydrogen) atoms. The maximum atomic E-state index is 11.0. The lowest BCUT2D eigenvalue weighted by molar-refractivity contribution is -0.138. The van der Waals surface area contributed by atoms with Crippen molar-refractivity contribution in [3.05, 3.63) is 35.9 Å². The number of nitrogens with two attached hydrogens (primary N) is 1. The molecule has 1 aromatic rings. The minimum atomic E-state index is -0.955. The van der Waals surface area contributed by atoms with Crippen molar-refractivity contribution in [1.29, 1.82) is 0 Å². The number of aliphatic imine (C=N–C) groups is 1. The third-order valence-corrected chi connectivity index (χ3v) is 2.75. The van der Waals surface area contributed by atoms with Crippen LogP contribution < -0.4 is 10.5 Å². The number of carboxylic acid groups (broad SMARTS) is 1. The van der Waals surface area contributed by atoms with E-state index in [-0.39, 0.29) is 5.97 Å². The van der Waals surface area contributed by atoms with Gasteiger partial charge in [-0.2, -0.15) is 0 Å². The second-order valence-corrected chi connectivity index (χ2v) is 4.60. The molecule has 6 heteroatoms. The van der Waals surface area contributed by atoms with Crippen LogP contribution in [0.15, 0.2) is 35.3 Å². The average Bonchev–Trinajstić information content (AvgIpc) is 2.47. The second-order valence-electron chi connectivity index (χ2n) is 4.60. The van der Waals surface area contributed by atoms with Gasteiger partial charge in [0.15, 0.2) is 0 Å². The molecule has 0 aliphatic rings. The minimum Gasteiger partial charge on any atom is -0.480 e. The van der Waals surface area contributed by atoms with Crippen LogP contribution in [0.5, 0.6) is 5.75 Å². The number of nitrogens with zero attached hydrogens (tertiary/aromatic N) is 1. The Morgan fingerprint density at radius 3 is 2.59 bits per heavy atom. The number of carbonyl (C=O) groups excluding carboxylic acids is 1. The summed E-state index contributed by atoms with van der Waals surface area (Å²) in [5, 5.41) is 9.00. The van der Waals surface area contributed by atoms with Gasteiger partial charge in [-0.1, -0.05) is 18.2 Å². The van der Waals surface area contributed by atoms with Gasteiger partial charge in [0.25, 0.3) is 0 Å². The topological polar surface area (TPSA) is 102 Å². The molecule has 1 aromatic carbocycles. The highest BCUT2D eigenvalue weighted by Crippen LogP contribution is 2.13. The Balaban J connectivity index is 2.58. The number of allylic oxidation sites excluding steroid dienone is 1. The molecule has 1 rings (SSSR count). The zero-order valence-corrected chi connectivity index (χ0v) is 12.4. The van der Waals surface area contributed by atoms with E-state index in [9.17, 15) is 9.59 Å². The third kappa shape index (κ3) is 6.81. The summed E-state index contributed by atoms with van der Waals surface area (Å²) in [6, 6.07) is 6.16. The first kappa shape index (κ1) is 17.6. The minimum absolute atomic E-state index is 0.368. The van der Waals surface area contributed by atoms with Crippen LogP contribution >= 0.6 is 0 Å². The maximum absolute atomic E-state index is 11.0. The fraction of sp³-hybridized carbons (Fsp3) is 0.312. The fourth-order valence-corrected chi connectivity index (χ4v) is 1.69. The molecule has 3 N–H and O–H groups in total. The van der Waals surface area contributed by atoms with Gasteiger partial charge in [-0.05, 0) is 43.2 Å². The molecule has 0 aliphatic heterocycles. The molecular weight excluding hydrogens is 284 g/mol. The van der Waals surface area contributed by atoms with Crippen LogP contribution in [0.4, 0.5) is 0 Å². The summed E-state index contributed by atoms with van der Waals surface area (Å²) < 4.78 is 4.93. The Morgan fingerprint density at radius 1 is 1.36 bits per heavy atom. The number of ether oxygens (including phenoxy) is 1. The molecule has 0 spiro atoms. The summed E-state index contributed by atoms with van der Waals surface area (Å²) in [6.07, 6.45) is 5.96. The van der Waals surface area contributed by atoms with Gasteiger partial charge < -0.3 is 15.6 Å². The number of esters is 1.